The van der Waals surface area contributed by atoms with Crippen LogP contribution >= 0.6 is 11.3 Å². The van der Waals surface area contributed by atoms with Gasteiger partial charge in [0, 0.05) is 36.6 Å². The van der Waals surface area contributed by atoms with E-state index in [1.165, 1.54) is 0 Å². The van der Waals surface area contributed by atoms with Crippen molar-refractivity contribution in [2.24, 2.45) is 0 Å². The molecule has 23 heavy (non-hydrogen) atoms. The van der Waals surface area contributed by atoms with Crippen molar-refractivity contribution in [1.29, 1.82) is 0 Å². The van der Waals surface area contributed by atoms with Gasteiger partial charge >= 0.3 is 0 Å². The standard InChI is InChI=1S/C17H18N4OS/c1-19(11-13-12-20-9-10-23-17(20)18-13)15-7-8-21(16(15)22)14-5-3-2-4-6-14/h2-6,9-10,12,15H,7-8,11H2,1H3. The number of fused-ring (bicyclic) bond motifs is 1. The lowest BCUT2D eigenvalue weighted by Crippen LogP contribution is -2.39. The molecule has 1 aliphatic rings. The molecular weight excluding hydrogens is 308 g/mol. The molecule has 2 aromatic heterocycles. The molecule has 1 aromatic carbocycles. The van der Waals surface area contributed by atoms with Crippen LogP contribution in [0.4, 0.5) is 5.69 Å². The molecule has 3 aromatic rings. The van der Waals surface area contributed by atoms with Crippen LogP contribution in [0.2, 0.25) is 0 Å². The Morgan fingerprint density at radius 3 is 2.96 bits per heavy atom. The van der Waals surface area contributed by atoms with Crippen LogP contribution in [0.3, 0.4) is 0 Å². The highest BCUT2D eigenvalue weighted by molar-refractivity contribution is 7.15. The van der Waals surface area contributed by atoms with Gasteiger partial charge in [-0.3, -0.25) is 14.1 Å². The lowest BCUT2D eigenvalue weighted by Gasteiger charge is -2.23. The number of amides is 1. The van der Waals surface area contributed by atoms with E-state index in [9.17, 15) is 4.79 Å². The number of thiazole rings is 1. The summed E-state index contributed by atoms with van der Waals surface area (Å²) in [5, 5.41) is 2.02. The fourth-order valence-corrected chi connectivity index (χ4v) is 3.88. The first-order chi connectivity index (χ1) is 11.2. The van der Waals surface area contributed by atoms with E-state index in [0.29, 0.717) is 6.54 Å². The lowest BCUT2D eigenvalue weighted by molar-refractivity contribution is -0.121. The molecule has 1 atom stereocenters. The molecule has 118 valence electrons. The molecule has 0 aliphatic carbocycles. The minimum Gasteiger partial charge on any atom is -0.311 e. The minimum absolute atomic E-state index is 0.0741. The zero-order valence-electron chi connectivity index (χ0n) is 12.9. The van der Waals surface area contributed by atoms with Crippen molar-refractivity contribution in [2.75, 3.05) is 18.5 Å². The van der Waals surface area contributed by atoms with E-state index in [4.69, 9.17) is 0 Å². The molecule has 1 amide bonds. The van der Waals surface area contributed by atoms with Crippen molar-refractivity contribution >= 4 is 27.9 Å². The van der Waals surface area contributed by atoms with Crippen LogP contribution in [0, 0.1) is 0 Å². The minimum atomic E-state index is -0.0741. The second-order valence-corrected chi connectivity index (χ2v) is 6.74. The Kier molecular flexibility index (Phi) is 3.63. The predicted octanol–water partition coefficient (Wildman–Crippen LogP) is 2.63. The summed E-state index contributed by atoms with van der Waals surface area (Å²) in [7, 11) is 2.00. The number of carbonyl (C=O) groups excluding carboxylic acids is 1. The van der Waals surface area contributed by atoms with Crippen molar-refractivity contribution in [2.45, 2.75) is 19.0 Å². The summed E-state index contributed by atoms with van der Waals surface area (Å²) in [6, 6.07) is 9.82. The Bertz CT molecular complexity index is 797. The molecule has 6 heteroatoms. The maximum Gasteiger partial charge on any atom is 0.244 e. The second-order valence-electron chi connectivity index (χ2n) is 5.87. The summed E-state index contributed by atoms with van der Waals surface area (Å²) in [6.07, 6.45) is 4.90. The van der Waals surface area contributed by atoms with E-state index < -0.39 is 0 Å². The molecule has 0 N–H and O–H groups in total. The van der Waals surface area contributed by atoms with Crippen LogP contribution in [-0.4, -0.2) is 39.8 Å². The van der Waals surface area contributed by atoms with Gasteiger partial charge in [-0.05, 0) is 25.6 Å². The third-order valence-electron chi connectivity index (χ3n) is 4.33. The van der Waals surface area contributed by atoms with Gasteiger partial charge in [0.15, 0.2) is 4.96 Å². The largest absolute Gasteiger partial charge is 0.311 e. The highest BCUT2D eigenvalue weighted by Gasteiger charge is 2.35. The number of nitrogens with zero attached hydrogens (tertiary/aromatic N) is 4. The van der Waals surface area contributed by atoms with Crippen LogP contribution in [-0.2, 0) is 11.3 Å². The number of anilines is 1. The molecule has 1 saturated heterocycles. The van der Waals surface area contributed by atoms with Gasteiger partial charge in [0.2, 0.25) is 5.91 Å². The number of benzene rings is 1. The smallest absolute Gasteiger partial charge is 0.244 e. The third kappa shape index (κ3) is 2.64. The maximum absolute atomic E-state index is 12.7. The average molecular weight is 326 g/mol. The van der Waals surface area contributed by atoms with E-state index in [2.05, 4.69) is 9.88 Å². The Balaban J connectivity index is 1.47. The monoisotopic (exact) mass is 326 g/mol. The van der Waals surface area contributed by atoms with Gasteiger partial charge in [-0.1, -0.05) is 18.2 Å². The number of para-hydroxylation sites is 1. The topological polar surface area (TPSA) is 40.9 Å². The summed E-state index contributed by atoms with van der Waals surface area (Å²) < 4.78 is 2.03. The number of likely N-dealkylation sites (N-methyl/N-ethyl adjacent to an activating group) is 1. The van der Waals surface area contributed by atoms with Crippen molar-refractivity contribution < 1.29 is 4.79 Å². The zero-order chi connectivity index (χ0) is 15.8. The van der Waals surface area contributed by atoms with E-state index in [1.807, 2.05) is 64.5 Å². The van der Waals surface area contributed by atoms with Crippen LogP contribution in [0.1, 0.15) is 12.1 Å². The molecule has 3 heterocycles. The third-order valence-corrected chi connectivity index (χ3v) is 5.10. The SMILES string of the molecule is CN(Cc1cn2ccsc2n1)C1CCN(c2ccccc2)C1=O. The number of hydrogen-bond donors (Lipinski definition) is 0. The first-order valence-electron chi connectivity index (χ1n) is 7.70. The van der Waals surface area contributed by atoms with Crippen molar-refractivity contribution in [3.8, 4) is 0 Å². The Morgan fingerprint density at radius 2 is 2.17 bits per heavy atom. The highest BCUT2D eigenvalue weighted by atomic mass is 32.1. The maximum atomic E-state index is 12.7. The fraction of sp³-hybridized carbons (Fsp3) is 0.294. The lowest BCUT2D eigenvalue weighted by atomic mass is 10.2. The van der Waals surface area contributed by atoms with E-state index in [0.717, 1.165) is 29.3 Å². The van der Waals surface area contributed by atoms with Gasteiger partial charge < -0.3 is 4.90 Å². The Morgan fingerprint density at radius 1 is 1.35 bits per heavy atom. The van der Waals surface area contributed by atoms with Crippen molar-refractivity contribution in [1.82, 2.24) is 14.3 Å². The van der Waals surface area contributed by atoms with Gasteiger partial charge in [0.25, 0.3) is 0 Å². The molecule has 4 rings (SSSR count). The van der Waals surface area contributed by atoms with Gasteiger partial charge in [0.05, 0.1) is 11.7 Å². The molecule has 1 unspecified atom stereocenters. The van der Waals surface area contributed by atoms with Crippen LogP contribution in [0.5, 0.6) is 0 Å². The summed E-state index contributed by atoms with van der Waals surface area (Å²) >= 11 is 1.62. The van der Waals surface area contributed by atoms with E-state index >= 15 is 0 Å². The second kappa shape index (κ2) is 5.79. The molecule has 0 spiro atoms. The first kappa shape index (κ1) is 14.4. The van der Waals surface area contributed by atoms with Crippen LogP contribution in [0.25, 0.3) is 4.96 Å². The quantitative estimate of drug-likeness (QED) is 0.740. The van der Waals surface area contributed by atoms with Gasteiger partial charge in [-0.15, -0.1) is 11.3 Å². The molecular formula is C17H18N4OS. The molecule has 0 bridgehead atoms. The summed E-state index contributed by atoms with van der Waals surface area (Å²) in [5.41, 5.74) is 1.99. The molecule has 0 saturated carbocycles. The molecule has 1 fully saturated rings. The Hall–Kier alpha value is -2.18. The molecule has 1 aliphatic heterocycles. The van der Waals surface area contributed by atoms with Crippen molar-refractivity contribution in [3.05, 3.63) is 53.8 Å². The highest BCUT2D eigenvalue weighted by Crippen LogP contribution is 2.24. The number of carbonyl (C=O) groups is 1. The first-order valence-corrected chi connectivity index (χ1v) is 8.58. The van der Waals surface area contributed by atoms with Gasteiger partial charge in [0.1, 0.15) is 0 Å². The fourth-order valence-electron chi connectivity index (χ4n) is 3.16. The number of hydrogen-bond acceptors (Lipinski definition) is 4. The van der Waals surface area contributed by atoms with Crippen LogP contribution in [0.15, 0.2) is 48.1 Å². The van der Waals surface area contributed by atoms with Gasteiger partial charge in [-0.2, -0.15) is 0 Å². The Labute approximate surface area is 138 Å². The van der Waals surface area contributed by atoms with E-state index in [-0.39, 0.29) is 11.9 Å². The number of imidazole rings is 1. The molecule has 0 radical (unpaired) electrons. The number of aromatic nitrogens is 2. The van der Waals surface area contributed by atoms with Gasteiger partial charge in [-0.25, -0.2) is 4.98 Å². The van der Waals surface area contributed by atoms with E-state index in [1.54, 1.807) is 11.3 Å². The van der Waals surface area contributed by atoms with Crippen LogP contribution < -0.4 is 4.90 Å². The molecule has 5 nitrogen and oxygen atoms in total. The summed E-state index contributed by atoms with van der Waals surface area (Å²) in [6.45, 7) is 1.46. The zero-order valence-corrected chi connectivity index (χ0v) is 13.7. The number of rotatable bonds is 4. The average Bonchev–Trinajstić information content (AvgIpc) is 3.22. The predicted molar refractivity (Wildman–Crippen MR) is 91.7 cm³/mol. The normalized spacial score (nSPS) is 18.4. The summed E-state index contributed by atoms with van der Waals surface area (Å²) in [5.74, 6) is 0.180. The van der Waals surface area contributed by atoms with Crippen molar-refractivity contribution in [3.63, 3.8) is 0 Å². The summed E-state index contributed by atoms with van der Waals surface area (Å²) in [4.78, 5) is 22.3.